The number of aromatic nitrogens is 1. The monoisotopic (exact) mass is 1100 g/mol. The lowest BCUT2D eigenvalue weighted by Gasteiger charge is -2.19. The summed E-state index contributed by atoms with van der Waals surface area (Å²) in [5.74, 6) is -8.24. The van der Waals surface area contributed by atoms with E-state index in [0.717, 1.165) is 42.5 Å². The minimum atomic E-state index is -5.98. The fourth-order valence-corrected chi connectivity index (χ4v) is 12.3. The number of nitrogens with one attached hydrogen (secondary N) is 1. The van der Waals surface area contributed by atoms with Crippen LogP contribution in [0.4, 0.5) is 11.4 Å². The Labute approximate surface area is 398 Å². The Bertz CT molecular complexity index is 4420. The molecule has 0 fully saturated rings. The maximum Gasteiger partial charge on any atom is 0.314 e. The van der Waals surface area contributed by atoms with Crippen LogP contribution in [0.2, 0.25) is 0 Å². The number of fused-ring (bicyclic) bond motifs is 2. The van der Waals surface area contributed by atoms with Gasteiger partial charge in [0.25, 0.3) is 56.1 Å². The minimum absolute atomic E-state index is 0.0742. The molecule has 2 aliphatic rings. The molecule has 8 N–H and O–H groups in total. The van der Waals surface area contributed by atoms with Crippen LogP contribution in [0.15, 0.2) is 130 Å². The van der Waals surface area contributed by atoms with Gasteiger partial charge in [-0.3, -0.25) is 41.9 Å². The van der Waals surface area contributed by atoms with Crippen molar-refractivity contribution in [2.45, 2.75) is 35.8 Å². The molecule has 372 valence electrons. The highest BCUT2D eigenvalue weighted by molar-refractivity contribution is 7.91. The van der Waals surface area contributed by atoms with Gasteiger partial charge in [-0.15, -0.1) is 0 Å². The number of aliphatic hydroxyl groups is 1. The summed E-state index contributed by atoms with van der Waals surface area (Å²) in [6.45, 7) is 0. The first-order valence-electron chi connectivity index (χ1n) is 19.1. The number of anilines is 2. The Morgan fingerprint density at radius 3 is 1.58 bits per heavy atom. The van der Waals surface area contributed by atoms with E-state index in [1.165, 1.54) is 18.2 Å². The molecule has 31 heteroatoms. The Morgan fingerprint density at radius 1 is 0.563 bits per heavy atom. The van der Waals surface area contributed by atoms with Crippen molar-refractivity contribution in [3.05, 3.63) is 138 Å². The van der Waals surface area contributed by atoms with E-state index >= 15 is 0 Å². The number of hydrogen-bond acceptors (Lipinski definition) is 19. The van der Waals surface area contributed by atoms with Crippen LogP contribution in [0.1, 0.15) is 22.3 Å². The smallest absolute Gasteiger partial charge is 0.314 e. The van der Waals surface area contributed by atoms with Crippen molar-refractivity contribution < 1.29 is 93.1 Å². The van der Waals surface area contributed by atoms with Gasteiger partial charge in [0.1, 0.15) is 26.4 Å². The van der Waals surface area contributed by atoms with Gasteiger partial charge in [-0.1, -0.05) is 48.5 Å². The standard InChI is InChI=1S/C40H28N2O23S6/c43-36(18-5-3-7-20(13-18)67(51,52)53)25(40(47)48)11-12-66(49,50)22-15-27(69(57,58)59)34(28(16-22)70(60,61)62)41-26-17-29(71(63,64)65)35-32-30(23-9-1-2-10-24(23)38(45)31(26)32)33(39(46)42-35)37(44)19-6-4-8-21(14-19)68(54,55)56/h1-10,13-17,25,41,44H,11-12H2,(H,47,48)(H,51,52,53)(H,54,55,56)(H,57,58,59)(H,60,61,62)(H,63,64,65). The lowest BCUT2D eigenvalue weighted by atomic mass is 9.95. The highest BCUT2D eigenvalue weighted by Gasteiger charge is 2.35. The molecule has 0 saturated heterocycles. The van der Waals surface area contributed by atoms with E-state index in [2.05, 4.69) is 10.3 Å². The predicted molar refractivity (Wildman–Crippen MR) is 242 cm³/mol. The number of nitrogens with zero attached hydrogens (tertiary/aromatic N) is 1. The third-order valence-corrected chi connectivity index (χ3v) is 16.7. The molecular formula is C40H28N2O23S6. The first kappa shape index (κ1) is 51.9. The molecule has 5 aromatic rings. The van der Waals surface area contributed by atoms with E-state index in [1.54, 1.807) is 0 Å². The molecule has 0 radical (unpaired) electrons. The highest BCUT2D eigenvalue weighted by atomic mass is 32.2. The number of Topliss-reactive ketones (excluding diaryl/α,β-unsaturated/α-hetero) is 1. The second kappa shape index (κ2) is 17.7. The molecule has 0 aromatic heterocycles. The Balaban J connectivity index is 1.52. The molecule has 25 nitrogen and oxygen atoms in total. The van der Waals surface area contributed by atoms with Gasteiger partial charge >= 0.3 is 5.97 Å². The van der Waals surface area contributed by atoms with E-state index in [-0.39, 0.29) is 22.9 Å². The topological polar surface area (TPSA) is 440 Å². The molecule has 1 unspecified atom stereocenters. The van der Waals surface area contributed by atoms with Crippen LogP contribution in [0.25, 0.3) is 27.4 Å². The fourth-order valence-electron chi connectivity index (χ4n) is 7.57. The molecular weight excluding hydrogens is 1070 g/mol. The number of carboxylic acid groups (broad SMARTS) is 1. The van der Waals surface area contributed by atoms with Gasteiger partial charge in [-0.05, 0) is 54.3 Å². The number of carbonyl (C=O) groups excluding carboxylic acids is 1. The van der Waals surface area contributed by atoms with E-state index in [0.29, 0.717) is 18.2 Å². The van der Waals surface area contributed by atoms with Crippen molar-refractivity contribution in [2.24, 2.45) is 5.92 Å². The Morgan fingerprint density at radius 2 is 1.07 bits per heavy atom. The third-order valence-electron chi connectivity index (χ3n) is 10.7. The van der Waals surface area contributed by atoms with Crippen LogP contribution in [0, 0.1) is 16.4 Å². The second-order valence-corrected chi connectivity index (χ2v) is 24.2. The van der Waals surface area contributed by atoms with Gasteiger partial charge in [0, 0.05) is 27.0 Å². The van der Waals surface area contributed by atoms with Gasteiger partial charge in [0.15, 0.2) is 21.0 Å². The molecule has 0 amide bonds. The van der Waals surface area contributed by atoms with Crippen LogP contribution in [-0.4, -0.2) is 106 Å². The van der Waals surface area contributed by atoms with E-state index in [9.17, 15) is 103 Å². The van der Waals surface area contributed by atoms with Crippen molar-refractivity contribution in [3.8, 4) is 0 Å². The zero-order valence-corrected chi connectivity index (χ0v) is 39.6. The molecule has 0 bridgehead atoms. The lowest BCUT2D eigenvalue weighted by molar-refractivity contribution is -0.140. The SMILES string of the molecule is O=C(O)C(CCS(=O)(=O)c1cc(S(=O)(=O)O)c(Nc2cc(S(=O)(=O)O)c3nc(=O)c(=C(O)c4cccc(S(=O)(=O)O)c4)c4c5ccccc5c(=O)c2c3=4)c(S(=O)(=O)O)c1)C(=O)c1cccc(S(=O)(=O)O)c1. The molecule has 0 spiro atoms. The fraction of sp³-hybridized carbons (Fsp3) is 0.0750. The summed E-state index contributed by atoms with van der Waals surface area (Å²) >= 11 is 0. The number of carbonyl (C=O) groups is 2. The van der Waals surface area contributed by atoms with Crippen molar-refractivity contribution >= 4 is 111 Å². The molecule has 71 heavy (non-hydrogen) atoms. The predicted octanol–water partition coefficient (Wildman–Crippen LogP) is 1.43. The number of aliphatic carboxylic acids is 1. The van der Waals surface area contributed by atoms with Crippen LogP contribution >= 0.6 is 0 Å². The first-order chi connectivity index (χ1) is 32.6. The molecule has 1 aliphatic heterocycles. The van der Waals surface area contributed by atoms with Crippen molar-refractivity contribution in [1.29, 1.82) is 0 Å². The van der Waals surface area contributed by atoms with Gasteiger partial charge < -0.3 is 15.5 Å². The molecule has 1 heterocycles. The van der Waals surface area contributed by atoms with Gasteiger partial charge in [-0.25, -0.2) is 13.4 Å². The molecule has 7 rings (SSSR count). The van der Waals surface area contributed by atoms with Crippen molar-refractivity contribution in [2.75, 3.05) is 11.1 Å². The third kappa shape index (κ3) is 9.92. The largest absolute Gasteiger partial charge is 0.506 e. The second-order valence-electron chi connectivity index (χ2n) is 15.1. The number of ketones is 1. The number of sulfone groups is 1. The van der Waals surface area contributed by atoms with Crippen molar-refractivity contribution in [1.82, 2.24) is 4.98 Å². The number of carboxylic acids is 1. The highest BCUT2D eigenvalue weighted by Crippen LogP contribution is 2.39. The zero-order chi connectivity index (χ0) is 52.7. The van der Waals surface area contributed by atoms with E-state index in [4.69, 9.17) is 0 Å². The Hall–Kier alpha value is -6.91. The van der Waals surface area contributed by atoms with E-state index in [1.807, 2.05) is 0 Å². The summed E-state index contributed by atoms with van der Waals surface area (Å²) in [4.78, 5) is 49.6. The van der Waals surface area contributed by atoms with Crippen LogP contribution in [-0.2, 0) is 65.2 Å². The zero-order valence-electron chi connectivity index (χ0n) is 34.7. The van der Waals surface area contributed by atoms with Gasteiger partial charge in [0.05, 0.1) is 47.9 Å². The summed E-state index contributed by atoms with van der Waals surface area (Å²) < 4.78 is 204. The molecule has 0 saturated carbocycles. The summed E-state index contributed by atoms with van der Waals surface area (Å²) in [6, 6.07) is 12.3. The summed E-state index contributed by atoms with van der Waals surface area (Å²) in [7, 11) is -32.8. The van der Waals surface area contributed by atoms with Gasteiger partial charge in [0.2, 0.25) is 0 Å². The van der Waals surface area contributed by atoms with Gasteiger partial charge in [-0.2, -0.15) is 42.1 Å². The summed E-state index contributed by atoms with van der Waals surface area (Å²) in [6.07, 6.45) is -1.19. The quantitative estimate of drug-likeness (QED) is 0.0409. The molecule has 5 aromatic carbocycles. The number of rotatable bonds is 15. The van der Waals surface area contributed by atoms with Crippen LogP contribution < -0.4 is 21.5 Å². The molecule has 1 atom stereocenters. The number of aliphatic hydroxyl groups excluding tert-OH is 1. The normalized spacial score (nSPS) is 13.9. The average molecular weight is 1100 g/mol. The number of hydrogen-bond donors (Lipinski definition) is 8. The lowest BCUT2D eigenvalue weighted by Crippen LogP contribution is -2.33. The molecule has 1 aliphatic carbocycles. The van der Waals surface area contributed by atoms with Crippen LogP contribution in [0.5, 0.6) is 0 Å². The van der Waals surface area contributed by atoms with Crippen LogP contribution in [0.3, 0.4) is 0 Å². The Kier molecular flexibility index (Phi) is 13.0. The maximum atomic E-state index is 14.5. The van der Waals surface area contributed by atoms with E-state index < -0.39 is 185 Å². The summed E-state index contributed by atoms with van der Waals surface area (Å²) in [5.41, 5.74) is -7.35. The summed E-state index contributed by atoms with van der Waals surface area (Å²) in [5, 5.41) is 19.9. The van der Waals surface area contributed by atoms with Crippen molar-refractivity contribution in [3.63, 3.8) is 0 Å². The maximum absolute atomic E-state index is 14.5. The first-order valence-corrected chi connectivity index (χ1v) is 27.9. The average Bonchev–Trinajstić information content (AvgIpc) is 3.26. The number of benzene rings is 5. The minimum Gasteiger partial charge on any atom is -0.506 e.